The summed E-state index contributed by atoms with van der Waals surface area (Å²) < 4.78 is 27.4. The van der Waals surface area contributed by atoms with Crippen molar-refractivity contribution >= 4 is 15.7 Å². The van der Waals surface area contributed by atoms with Gasteiger partial charge in [0.25, 0.3) is 0 Å². The van der Waals surface area contributed by atoms with Gasteiger partial charge >= 0.3 is 0 Å². The molecule has 20 heavy (non-hydrogen) atoms. The summed E-state index contributed by atoms with van der Waals surface area (Å²) in [6.45, 7) is 0. The summed E-state index contributed by atoms with van der Waals surface area (Å²) >= 11 is 0. The maximum Gasteiger partial charge on any atom is 0.243 e. The van der Waals surface area contributed by atoms with E-state index in [1.165, 1.54) is 6.07 Å². The number of hydrazine groups is 1. The molecular formula is C13H21N3O3S. The quantitative estimate of drug-likeness (QED) is 0.376. The molecule has 0 aromatic heterocycles. The molecule has 112 valence electrons. The summed E-state index contributed by atoms with van der Waals surface area (Å²) in [5, 5.41) is 10.0. The lowest BCUT2D eigenvalue weighted by molar-refractivity contribution is 0.130. The Labute approximate surface area is 119 Å². The standard InChI is InChI=1S/C13H21N3O3S/c14-15-11-7-4-5-9-13(11)20(18,19)16-10-6-2-1-3-8-12(10)17/h4-5,7,9-10,12,15-17H,1-3,6,8,14H2. The van der Waals surface area contributed by atoms with Crippen molar-refractivity contribution in [3.63, 3.8) is 0 Å². The van der Waals surface area contributed by atoms with Gasteiger partial charge in [-0.15, -0.1) is 0 Å². The second kappa shape index (κ2) is 6.53. The molecule has 5 N–H and O–H groups in total. The number of hydrogen-bond donors (Lipinski definition) is 4. The van der Waals surface area contributed by atoms with Crippen LogP contribution in [0.2, 0.25) is 0 Å². The van der Waals surface area contributed by atoms with Crippen LogP contribution in [0.4, 0.5) is 5.69 Å². The number of nitrogens with two attached hydrogens (primary N) is 1. The Morgan fingerprint density at radius 1 is 1.15 bits per heavy atom. The molecule has 1 aliphatic carbocycles. The molecule has 1 saturated carbocycles. The van der Waals surface area contributed by atoms with Gasteiger partial charge in [0.05, 0.1) is 11.8 Å². The first-order chi connectivity index (χ1) is 9.54. The Kier molecular flexibility index (Phi) is 4.98. The van der Waals surface area contributed by atoms with Crippen molar-refractivity contribution < 1.29 is 13.5 Å². The first-order valence-corrected chi connectivity index (χ1v) is 8.29. The minimum absolute atomic E-state index is 0.0962. The second-order valence-electron chi connectivity index (χ2n) is 5.07. The van der Waals surface area contributed by atoms with Gasteiger partial charge < -0.3 is 10.5 Å². The minimum atomic E-state index is -3.70. The molecule has 0 bridgehead atoms. The Bertz CT molecular complexity index is 548. The summed E-state index contributed by atoms with van der Waals surface area (Å²) in [6.07, 6.45) is 3.52. The van der Waals surface area contributed by atoms with Crippen LogP contribution in [0.3, 0.4) is 0 Å². The maximum absolute atomic E-state index is 12.4. The molecule has 7 heteroatoms. The van der Waals surface area contributed by atoms with E-state index >= 15 is 0 Å². The molecule has 1 aliphatic rings. The van der Waals surface area contributed by atoms with Gasteiger partial charge in [-0.1, -0.05) is 31.4 Å². The Morgan fingerprint density at radius 3 is 2.60 bits per heavy atom. The molecule has 0 amide bonds. The number of aliphatic hydroxyl groups excluding tert-OH is 1. The summed E-state index contributed by atoms with van der Waals surface area (Å²) in [7, 11) is -3.70. The third kappa shape index (κ3) is 3.49. The van der Waals surface area contributed by atoms with Crippen LogP contribution in [0.25, 0.3) is 0 Å². The molecule has 2 rings (SSSR count). The molecule has 0 saturated heterocycles. The van der Waals surface area contributed by atoms with Crippen LogP contribution in [0, 0.1) is 0 Å². The van der Waals surface area contributed by atoms with Crippen molar-refractivity contribution in [2.75, 3.05) is 5.43 Å². The average Bonchev–Trinajstić information content (AvgIpc) is 2.64. The number of sulfonamides is 1. The van der Waals surface area contributed by atoms with Crippen LogP contribution in [-0.4, -0.2) is 25.7 Å². The zero-order valence-corrected chi connectivity index (χ0v) is 12.1. The van der Waals surface area contributed by atoms with E-state index in [4.69, 9.17) is 5.84 Å². The number of nitrogens with one attached hydrogen (secondary N) is 2. The van der Waals surface area contributed by atoms with Crippen molar-refractivity contribution in [1.29, 1.82) is 0 Å². The molecule has 0 heterocycles. The van der Waals surface area contributed by atoms with Crippen LogP contribution in [0.1, 0.15) is 32.1 Å². The monoisotopic (exact) mass is 299 g/mol. The molecule has 1 fully saturated rings. The Hall–Kier alpha value is -1.15. The lowest BCUT2D eigenvalue weighted by Crippen LogP contribution is -2.42. The first kappa shape index (κ1) is 15.2. The van der Waals surface area contributed by atoms with Crippen LogP contribution < -0.4 is 16.0 Å². The molecule has 1 aromatic carbocycles. The average molecular weight is 299 g/mol. The number of rotatable bonds is 4. The predicted octanol–water partition coefficient (Wildman–Crippen LogP) is 0.944. The normalized spacial score (nSPS) is 24.1. The molecule has 1 aromatic rings. The Balaban J connectivity index is 2.22. The summed E-state index contributed by atoms with van der Waals surface area (Å²) in [5.41, 5.74) is 2.72. The molecule has 0 radical (unpaired) electrons. The fourth-order valence-electron chi connectivity index (χ4n) is 2.51. The van der Waals surface area contributed by atoms with E-state index in [9.17, 15) is 13.5 Å². The fraction of sp³-hybridized carbons (Fsp3) is 0.538. The SMILES string of the molecule is NNc1ccccc1S(=O)(=O)NC1CCCCCC1O. The van der Waals surface area contributed by atoms with Crippen molar-refractivity contribution in [2.45, 2.75) is 49.1 Å². The highest BCUT2D eigenvalue weighted by Gasteiger charge is 2.28. The smallest absolute Gasteiger partial charge is 0.243 e. The van der Waals surface area contributed by atoms with Crippen LogP contribution >= 0.6 is 0 Å². The lowest BCUT2D eigenvalue weighted by atomic mass is 10.1. The second-order valence-corrected chi connectivity index (χ2v) is 6.76. The molecule has 2 unspecified atom stereocenters. The molecule has 6 nitrogen and oxygen atoms in total. The highest BCUT2D eigenvalue weighted by Crippen LogP contribution is 2.23. The van der Waals surface area contributed by atoms with E-state index in [2.05, 4.69) is 10.1 Å². The van der Waals surface area contributed by atoms with Gasteiger partial charge in [-0.05, 0) is 25.0 Å². The van der Waals surface area contributed by atoms with Crippen LogP contribution in [0.5, 0.6) is 0 Å². The maximum atomic E-state index is 12.4. The summed E-state index contributed by atoms with van der Waals surface area (Å²) in [4.78, 5) is 0.0962. The van der Waals surface area contributed by atoms with Crippen LogP contribution in [-0.2, 0) is 10.0 Å². The largest absolute Gasteiger partial charge is 0.391 e. The molecular weight excluding hydrogens is 278 g/mol. The van der Waals surface area contributed by atoms with Crippen molar-refractivity contribution in [1.82, 2.24) is 4.72 Å². The third-order valence-electron chi connectivity index (χ3n) is 3.62. The van der Waals surface area contributed by atoms with Crippen molar-refractivity contribution in [3.8, 4) is 0 Å². The highest BCUT2D eigenvalue weighted by atomic mass is 32.2. The van der Waals surface area contributed by atoms with E-state index < -0.39 is 22.2 Å². The zero-order valence-electron chi connectivity index (χ0n) is 11.2. The van der Waals surface area contributed by atoms with Gasteiger partial charge in [-0.25, -0.2) is 13.1 Å². The van der Waals surface area contributed by atoms with E-state index in [0.29, 0.717) is 18.5 Å². The summed E-state index contributed by atoms with van der Waals surface area (Å²) in [6, 6.07) is 5.99. The number of anilines is 1. The van der Waals surface area contributed by atoms with Crippen LogP contribution in [0.15, 0.2) is 29.2 Å². The van der Waals surface area contributed by atoms with Gasteiger partial charge in [-0.3, -0.25) is 5.84 Å². The predicted molar refractivity (Wildman–Crippen MR) is 77.5 cm³/mol. The Morgan fingerprint density at radius 2 is 1.85 bits per heavy atom. The number of benzene rings is 1. The first-order valence-electron chi connectivity index (χ1n) is 6.80. The summed E-state index contributed by atoms with van der Waals surface area (Å²) in [5.74, 6) is 5.34. The van der Waals surface area contributed by atoms with E-state index in [1.807, 2.05) is 0 Å². The van der Waals surface area contributed by atoms with Crippen molar-refractivity contribution in [2.24, 2.45) is 5.84 Å². The minimum Gasteiger partial charge on any atom is -0.391 e. The molecule has 0 aliphatic heterocycles. The number of nitrogen functional groups attached to an aromatic ring is 1. The van der Waals surface area contributed by atoms with Gasteiger partial charge in [0.1, 0.15) is 4.90 Å². The number of para-hydroxylation sites is 1. The van der Waals surface area contributed by atoms with Gasteiger partial charge in [-0.2, -0.15) is 0 Å². The molecule has 0 spiro atoms. The number of hydrogen-bond acceptors (Lipinski definition) is 5. The van der Waals surface area contributed by atoms with E-state index in [1.54, 1.807) is 18.2 Å². The van der Waals surface area contributed by atoms with E-state index in [-0.39, 0.29) is 4.90 Å². The lowest BCUT2D eigenvalue weighted by Gasteiger charge is -2.22. The molecule has 2 atom stereocenters. The fourth-order valence-corrected chi connectivity index (χ4v) is 3.98. The van der Waals surface area contributed by atoms with Crippen molar-refractivity contribution in [3.05, 3.63) is 24.3 Å². The van der Waals surface area contributed by atoms with Gasteiger partial charge in [0.2, 0.25) is 10.0 Å². The highest BCUT2D eigenvalue weighted by molar-refractivity contribution is 7.89. The topological polar surface area (TPSA) is 104 Å². The third-order valence-corrected chi connectivity index (χ3v) is 5.17. The zero-order chi connectivity index (χ0) is 14.6. The van der Waals surface area contributed by atoms with Gasteiger partial charge in [0, 0.05) is 6.04 Å². The van der Waals surface area contributed by atoms with E-state index in [0.717, 1.165) is 19.3 Å². The van der Waals surface area contributed by atoms with Gasteiger partial charge in [0.15, 0.2) is 0 Å². The number of aliphatic hydroxyl groups is 1.